The third kappa shape index (κ3) is 8.44. The number of alkyl halides is 3. The smallest absolute Gasteiger partial charge is 1.00 e. The fourth-order valence-corrected chi connectivity index (χ4v) is 3.26. The summed E-state index contributed by atoms with van der Waals surface area (Å²) < 4.78 is -0.0139. The van der Waals surface area contributed by atoms with Crippen molar-refractivity contribution in [2.45, 2.75) is 20.9 Å². The average Bonchev–Trinajstić information content (AvgIpc) is 2.75. The minimum Gasteiger partial charge on any atom is -1.00 e. The van der Waals surface area contributed by atoms with Crippen molar-refractivity contribution in [3.63, 3.8) is 0 Å². The molecule has 1 unspecified atom stereocenters. The van der Waals surface area contributed by atoms with E-state index in [1.165, 1.54) is 11.2 Å². The second kappa shape index (κ2) is 12.3. The Bertz CT molecular complexity index is 228. The van der Waals surface area contributed by atoms with Gasteiger partial charge in [-0.3, -0.25) is 0 Å². The van der Waals surface area contributed by atoms with Crippen LogP contribution in [0.4, 0.5) is 0 Å². The fourth-order valence-electron chi connectivity index (χ4n) is 1.09. The van der Waals surface area contributed by atoms with Crippen molar-refractivity contribution in [2.75, 3.05) is 0 Å². The van der Waals surface area contributed by atoms with Crippen LogP contribution in [0.25, 0.3) is 0 Å². The number of hydrogen-bond acceptors (Lipinski definition) is 0. The summed E-state index contributed by atoms with van der Waals surface area (Å²) in [5.74, 6) is 0. The molecule has 96 valence electrons. The predicted molar refractivity (Wildman–Crippen MR) is 76.7 cm³/mol. The SMILES string of the molecule is Br[C-]1CCC(Br)C1(Br)Br.[Cl-].[Cl-].[Ti+4].c1cc[cH-]c1. The van der Waals surface area contributed by atoms with Gasteiger partial charge in [-0.1, -0.05) is 22.4 Å². The minimum absolute atomic E-state index is 0. The molecule has 1 saturated carbocycles. The zero-order chi connectivity index (χ0) is 10.6. The summed E-state index contributed by atoms with van der Waals surface area (Å²) in [6, 6.07) is 10.0. The first kappa shape index (κ1) is 24.6. The summed E-state index contributed by atoms with van der Waals surface area (Å²) >= 11 is 14.2. The molecule has 0 bridgehead atoms. The zero-order valence-electron chi connectivity index (χ0n) is 8.65. The molecule has 0 heterocycles. The van der Waals surface area contributed by atoms with Crippen molar-refractivity contribution in [1.82, 2.24) is 0 Å². The first-order valence-electron chi connectivity index (χ1n) is 4.25. The molecular formula is C10H10Br4Cl2Ti. The molecule has 1 aromatic carbocycles. The predicted octanol–water partition coefficient (Wildman–Crippen LogP) is -0.632. The van der Waals surface area contributed by atoms with Crippen molar-refractivity contribution < 1.29 is 46.5 Å². The third-order valence-electron chi connectivity index (χ3n) is 1.93. The normalized spacial score (nSPS) is 21.1. The van der Waals surface area contributed by atoms with Gasteiger partial charge >= 0.3 is 21.7 Å². The summed E-state index contributed by atoms with van der Waals surface area (Å²) in [6.07, 6.45) is 2.31. The second-order valence-electron chi connectivity index (χ2n) is 3.00. The fraction of sp³-hybridized carbons (Fsp3) is 0.400. The van der Waals surface area contributed by atoms with Gasteiger partial charge in [0, 0.05) is 4.83 Å². The van der Waals surface area contributed by atoms with E-state index in [9.17, 15) is 0 Å². The van der Waals surface area contributed by atoms with Crippen LogP contribution in [0, 0.1) is 4.83 Å². The third-order valence-corrected chi connectivity index (χ3v) is 8.45. The molecule has 0 saturated heterocycles. The monoisotopic (exact) mass is 564 g/mol. The minimum atomic E-state index is -0.0139. The van der Waals surface area contributed by atoms with E-state index in [-0.39, 0.29) is 49.8 Å². The molecule has 0 aromatic heterocycles. The van der Waals surface area contributed by atoms with E-state index in [2.05, 4.69) is 63.7 Å². The van der Waals surface area contributed by atoms with Crippen molar-refractivity contribution in [2.24, 2.45) is 0 Å². The molecule has 17 heavy (non-hydrogen) atoms. The molecule has 0 aliphatic heterocycles. The van der Waals surface area contributed by atoms with Crippen molar-refractivity contribution in [3.8, 4) is 0 Å². The van der Waals surface area contributed by atoms with Crippen molar-refractivity contribution in [1.29, 1.82) is 0 Å². The Morgan fingerprint density at radius 1 is 1.18 bits per heavy atom. The largest absolute Gasteiger partial charge is 4.00 e. The molecule has 1 fully saturated rings. The van der Waals surface area contributed by atoms with Gasteiger partial charge in [-0.15, -0.1) is 31.9 Å². The van der Waals surface area contributed by atoms with Gasteiger partial charge in [0.2, 0.25) is 0 Å². The van der Waals surface area contributed by atoms with Crippen LogP contribution in [0.3, 0.4) is 0 Å². The van der Waals surface area contributed by atoms with Gasteiger partial charge in [-0.05, 0) is 3.23 Å². The molecule has 2 rings (SSSR count). The summed E-state index contributed by atoms with van der Waals surface area (Å²) in [7, 11) is 0. The van der Waals surface area contributed by atoms with Crippen LogP contribution < -0.4 is 24.8 Å². The average molecular weight is 569 g/mol. The first-order chi connectivity index (χ1) is 6.55. The van der Waals surface area contributed by atoms with Crippen LogP contribution in [-0.4, -0.2) is 8.06 Å². The Labute approximate surface area is 164 Å². The van der Waals surface area contributed by atoms with Crippen LogP contribution in [0.5, 0.6) is 0 Å². The van der Waals surface area contributed by atoms with Crippen molar-refractivity contribution >= 4 is 63.7 Å². The molecule has 1 aliphatic carbocycles. The second-order valence-corrected chi connectivity index (χ2v) is 8.62. The summed E-state index contributed by atoms with van der Waals surface area (Å²) in [4.78, 5) is 1.79. The van der Waals surface area contributed by atoms with E-state index >= 15 is 0 Å². The molecule has 1 aliphatic rings. The van der Waals surface area contributed by atoms with Gasteiger partial charge in [0.05, 0.1) is 0 Å². The molecule has 7 heteroatoms. The van der Waals surface area contributed by atoms with Crippen LogP contribution in [0.1, 0.15) is 12.8 Å². The molecule has 0 nitrogen and oxygen atoms in total. The quantitative estimate of drug-likeness (QED) is 0.222. The summed E-state index contributed by atoms with van der Waals surface area (Å²) in [5.41, 5.74) is 0. The van der Waals surface area contributed by atoms with Crippen LogP contribution in [0.2, 0.25) is 0 Å². The van der Waals surface area contributed by atoms with Crippen molar-refractivity contribution in [3.05, 3.63) is 35.2 Å². The van der Waals surface area contributed by atoms with E-state index < -0.39 is 0 Å². The van der Waals surface area contributed by atoms with Gasteiger partial charge in [0.1, 0.15) is 0 Å². The standard InChI is InChI=1S/C5H5Br4.C5H5.2ClH.Ti/c6-3-1-2-4(7)5(3,8)9;1-2-4-5-3-1;;;/h3H,1-2H2;1-5H;2*1H;/q2*-1;;;+4/p-2. The van der Waals surface area contributed by atoms with Gasteiger partial charge in [0.25, 0.3) is 0 Å². The van der Waals surface area contributed by atoms with E-state index in [1.54, 1.807) is 0 Å². The Morgan fingerprint density at radius 2 is 1.65 bits per heavy atom. The first-order valence-corrected chi connectivity index (χ1v) is 7.55. The van der Waals surface area contributed by atoms with Crippen LogP contribution in [-0.2, 0) is 21.7 Å². The molecule has 0 amide bonds. The van der Waals surface area contributed by atoms with E-state index in [0.717, 1.165) is 6.42 Å². The molecule has 1 atom stereocenters. The van der Waals surface area contributed by atoms with Gasteiger partial charge < -0.3 is 40.7 Å². The number of halogens is 6. The Hall–Kier alpha value is 2.56. The van der Waals surface area contributed by atoms with Gasteiger partial charge in [-0.25, -0.2) is 17.0 Å². The van der Waals surface area contributed by atoms with Crippen LogP contribution >= 0.6 is 63.7 Å². The topological polar surface area (TPSA) is 0 Å². The van der Waals surface area contributed by atoms with E-state index in [0.29, 0.717) is 4.83 Å². The Kier molecular flexibility index (Phi) is 17.8. The molecule has 0 N–H and O–H groups in total. The maximum atomic E-state index is 3.56. The maximum Gasteiger partial charge on any atom is 4.00 e. The Balaban J connectivity index is -0.000000216. The maximum absolute atomic E-state index is 3.56. The molecule has 0 radical (unpaired) electrons. The number of rotatable bonds is 0. The number of hydrogen-bond donors (Lipinski definition) is 0. The van der Waals surface area contributed by atoms with E-state index in [1.807, 2.05) is 30.3 Å². The Morgan fingerprint density at radius 3 is 1.76 bits per heavy atom. The molecular weight excluding hydrogens is 558 g/mol. The zero-order valence-corrected chi connectivity index (χ0v) is 18.1. The summed E-state index contributed by atoms with van der Waals surface area (Å²) in [6.45, 7) is 0. The van der Waals surface area contributed by atoms with Crippen LogP contribution in [0.15, 0.2) is 30.3 Å². The van der Waals surface area contributed by atoms with Gasteiger partial charge in [0.15, 0.2) is 0 Å². The molecule has 1 aromatic rings. The van der Waals surface area contributed by atoms with Gasteiger partial charge in [-0.2, -0.15) is 24.6 Å². The van der Waals surface area contributed by atoms with E-state index in [4.69, 9.17) is 0 Å². The molecule has 0 spiro atoms. The summed E-state index contributed by atoms with van der Waals surface area (Å²) in [5, 5.41) is 0.